The van der Waals surface area contributed by atoms with Crippen LogP contribution in [0.3, 0.4) is 0 Å². The second-order valence-electron chi connectivity index (χ2n) is 4.32. The molecule has 2 N–H and O–H groups in total. The summed E-state index contributed by atoms with van der Waals surface area (Å²) in [7, 11) is 0. The second kappa shape index (κ2) is 4.37. The smallest absolute Gasteiger partial charge is 0.220 e. The molecule has 1 amide bonds. The van der Waals surface area contributed by atoms with Crippen molar-refractivity contribution >= 4 is 40.9 Å². The predicted octanol–water partition coefficient (Wildman–Crippen LogP) is 2.20. The molecule has 3 heterocycles. The van der Waals surface area contributed by atoms with E-state index in [4.69, 9.17) is 23.8 Å². The molecule has 1 atom stereocenters. The van der Waals surface area contributed by atoms with Crippen LogP contribution in [0.5, 0.6) is 0 Å². The van der Waals surface area contributed by atoms with Gasteiger partial charge in [-0.3, -0.25) is 9.36 Å². The second-order valence-corrected chi connectivity index (χ2v) is 5.14. The van der Waals surface area contributed by atoms with Crippen LogP contribution in [0.4, 0.5) is 0 Å². The van der Waals surface area contributed by atoms with Crippen molar-refractivity contribution < 1.29 is 4.79 Å². The third kappa shape index (κ3) is 1.91. The van der Waals surface area contributed by atoms with Crippen molar-refractivity contribution in [2.45, 2.75) is 18.9 Å². The molecule has 5 nitrogen and oxygen atoms in total. The molecule has 1 fully saturated rings. The number of pyridine rings is 1. The van der Waals surface area contributed by atoms with Crippen molar-refractivity contribution in [1.82, 2.24) is 19.9 Å². The zero-order chi connectivity index (χ0) is 12.7. The Hall–Kier alpha value is -1.40. The predicted molar refractivity (Wildman–Crippen MR) is 71.2 cm³/mol. The average molecular weight is 283 g/mol. The average Bonchev–Trinajstić information content (AvgIpc) is 2.65. The minimum absolute atomic E-state index is 0.0913. The Kier molecular flexibility index (Phi) is 2.83. The Morgan fingerprint density at radius 2 is 2.39 bits per heavy atom. The summed E-state index contributed by atoms with van der Waals surface area (Å²) in [4.78, 5) is 18.6. The van der Waals surface area contributed by atoms with Gasteiger partial charge in [-0.25, -0.2) is 4.98 Å². The third-order valence-corrected chi connectivity index (χ3v) is 3.63. The quantitative estimate of drug-likeness (QED) is 0.788. The molecule has 7 heteroatoms. The summed E-state index contributed by atoms with van der Waals surface area (Å²) in [5.41, 5.74) is 1.61. The number of nitrogens with zero attached hydrogens (tertiary/aromatic N) is 2. The van der Waals surface area contributed by atoms with Gasteiger partial charge < -0.3 is 10.3 Å². The van der Waals surface area contributed by atoms with Crippen LogP contribution in [-0.2, 0) is 4.79 Å². The van der Waals surface area contributed by atoms with E-state index in [2.05, 4.69) is 15.3 Å². The summed E-state index contributed by atoms with van der Waals surface area (Å²) >= 11 is 11.2. The van der Waals surface area contributed by atoms with Crippen LogP contribution in [0, 0.1) is 4.77 Å². The lowest BCUT2D eigenvalue weighted by molar-refractivity contribution is -0.122. The molecule has 1 aliphatic rings. The lowest BCUT2D eigenvalue weighted by Gasteiger charge is -2.23. The maximum Gasteiger partial charge on any atom is 0.220 e. The summed E-state index contributed by atoms with van der Waals surface area (Å²) in [6, 6.07) is 1.95. The standard InChI is InChI=1S/C11H11ClN4OS/c12-6-3-8-10(14-4-6)16(11(18)15-8)7-1-2-9(17)13-5-7/h3-4,7H,1-2,5H2,(H,13,17)(H,15,18). The van der Waals surface area contributed by atoms with Gasteiger partial charge in [0.2, 0.25) is 5.91 Å². The first-order valence-corrected chi connectivity index (χ1v) is 6.46. The molecule has 0 saturated carbocycles. The molecule has 1 saturated heterocycles. The molecule has 2 aromatic rings. The number of aromatic nitrogens is 3. The highest BCUT2D eigenvalue weighted by molar-refractivity contribution is 7.71. The molecule has 0 aromatic carbocycles. The van der Waals surface area contributed by atoms with Gasteiger partial charge in [-0.15, -0.1) is 0 Å². The van der Waals surface area contributed by atoms with Crippen molar-refractivity contribution in [2.24, 2.45) is 0 Å². The normalized spacial score (nSPS) is 20.1. The highest BCUT2D eigenvalue weighted by Crippen LogP contribution is 2.24. The zero-order valence-electron chi connectivity index (χ0n) is 9.44. The van der Waals surface area contributed by atoms with E-state index in [0.717, 1.165) is 17.6 Å². The first kappa shape index (κ1) is 11.7. The fourth-order valence-corrected chi connectivity index (χ4v) is 2.77. The van der Waals surface area contributed by atoms with Gasteiger partial charge in [0.25, 0.3) is 0 Å². The molecule has 0 radical (unpaired) electrons. The van der Waals surface area contributed by atoms with Crippen LogP contribution < -0.4 is 5.32 Å². The molecule has 94 valence electrons. The van der Waals surface area contributed by atoms with Crippen molar-refractivity contribution in [3.63, 3.8) is 0 Å². The number of aromatic amines is 1. The Balaban J connectivity index is 2.08. The number of piperidine rings is 1. The van der Waals surface area contributed by atoms with Crippen molar-refractivity contribution in [1.29, 1.82) is 0 Å². The van der Waals surface area contributed by atoms with E-state index in [1.807, 2.05) is 4.57 Å². The molecule has 2 aromatic heterocycles. The molecule has 3 rings (SSSR count). The van der Waals surface area contributed by atoms with Crippen molar-refractivity contribution in [3.8, 4) is 0 Å². The Morgan fingerprint density at radius 1 is 1.56 bits per heavy atom. The fourth-order valence-electron chi connectivity index (χ4n) is 2.27. The number of hydrogen-bond acceptors (Lipinski definition) is 3. The molecular weight excluding hydrogens is 272 g/mol. The number of halogens is 1. The number of amides is 1. The summed E-state index contributed by atoms with van der Waals surface area (Å²) in [6.07, 6.45) is 2.90. The number of carbonyl (C=O) groups is 1. The van der Waals surface area contributed by atoms with E-state index < -0.39 is 0 Å². The van der Waals surface area contributed by atoms with Gasteiger partial charge >= 0.3 is 0 Å². The Morgan fingerprint density at radius 3 is 3.11 bits per heavy atom. The summed E-state index contributed by atoms with van der Waals surface area (Å²) in [6.45, 7) is 0.588. The first-order valence-electron chi connectivity index (χ1n) is 5.67. The van der Waals surface area contributed by atoms with Gasteiger partial charge in [0, 0.05) is 19.2 Å². The minimum atomic E-state index is 0.0913. The summed E-state index contributed by atoms with van der Waals surface area (Å²) in [5.74, 6) is 0.0913. The highest BCUT2D eigenvalue weighted by atomic mass is 35.5. The number of nitrogens with one attached hydrogen (secondary N) is 2. The molecule has 1 aliphatic heterocycles. The highest BCUT2D eigenvalue weighted by Gasteiger charge is 2.22. The van der Waals surface area contributed by atoms with Crippen LogP contribution in [-0.4, -0.2) is 27.0 Å². The van der Waals surface area contributed by atoms with E-state index in [0.29, 0.717) is 22.8 Å². The van der Waals surface area contributed by atoms with Gasteiger partial charge in [0.05, 0.1) is 16.6 Å². The number of fused-ring (bicyclic) bond motifs is 1. The van der Waals surface area contributed by atoms with Gasteiger partial charge in [-0.05, 0) is 24.7 Å². The molecule has 18 heavy (non-hydrogen) atoms. The number of imidazole rings is 1. The van der Waals surface area contributed by atoms with Crippen molar-refractivity contribution in [3.05, 3.63) is 22.1 Å². The van der Waals surface area contributed by atoms with E-state index in [1.54, 1.807) is 12.3 Å². The largest absolute Gasteiger partial charge is 0.354 e. The summed E-state index contributed by atoms with van der Waals surface area (Å²) < 4.78 is 2.57. The maximum atomic E-state index is 11.2. The SMILES string of the molecule is O=C1CCC(n2c(=S)[nH]c3cc(Cl)cnc32)CN1. The van der Waals surface area contributed by atoms with Gasteiger partial charge in [0.15, 0.2) is 10.4 Å². The van der Waals surface area contributed by atoms with Crippen LogP contribution in [0.25, 0.3) is 11.2 Å². The first-order chi connectivity index (χ1) is 8.65. The van der Waals surface area contributed by atoms with Crippen LogP contribution in [0.15, 0.2) is 12.3 Å². The molecular formula is C11H11ClN4OS. The number of carbonyl (C=O) groups excluding carboxylic acids is 1. The number of rotatable bonds is 1. The van der Waals surface area contributed by atoms with E-state index >= 15 is 0 Å². The number of hydrogen-bond donors (Lipinski definition) is 2. The van der Waals surface area contributed by atoms with Crippen LogP contribution in [0.1, 0.15) is 18.9 Å². The third-order valence-electron chi connectivity index (χ3n) is 3.13. The monoisotopic (exact) mass is 282 g/mol. The molecule has 0 bridgehead atoms. The topological polar surface area (TPSA) is 62.7 Å². The van der Waals surface area contributed by atoms with Crippen LogP contribution >= 0.6 is 23.8 Å². The maximum absolute atomic E-state index is 11.2. The van der Waals surface area contributed by atoms with E-state index in [9.17, 15) is 4.79 Å². The zero-order valence-corrected chi connectivity index (χ0v) is 11.0. The Bertz CT molecular complexity index is 667. The molecule has 1 unspecified atom stereocenters. The fraction of sp³-hybridized carbons (Fsp3) is 0.364. The lowest BCUT2D eigenvalue weighted by atomic mass is 10.1. The molecule has 0 aliphatic carbocycles. The van der Waals surface area contributed by atoms with E-state index in [1.165, 1.54) is 0 Å². The van der Waals surface area contributed by atoms with Crippen LogP contribution in [0.2, 0.25) is 5.02 Å². The lowest BCUT2D eigenvalue weighted by Crippen LogP contribution is -2.36. The van der Waals surface area contributed by atoms with E-state index in [-0.39, 0.29) is 11.9 Å². The van der Waals surface area contributed by atoms with Crippen molar-refractivity contribution in [2.75, 3.05) is 6.54 Å². The van der Waals surface area contributed by atoms with Gasteiger partial charge in [-0.1, -0.05) is 11.6 Å². The Labute approximate surface area is 113 Å². The minimum Gasteiger partial charge on any atom is -0.354 e. The van der Waals surface area contributed by atoms with Gasteiger partial charge in [-0.2, -0.15) is 0 Å². The summed E-state index contributed by atoms with van der Waals surface area (Å²) in [5, 5.41) is 3.42. The molecule has 0 spiro atoms. The van der Waals surface area contributed by atoms with Gasteiger partial charge in [0.1, 0.15) is 0 Å². The number of H-pyrrole nitrogens is 1.